The minimum atomic E-state index is -0.403. The zero-order valence-corrected chi connectivity index (χ0v) is 13.6. The maximum absolute atomic E-state index is 12.1. The fourth-order valence-electron chi connectivity index (χ4n) is 2.03. The molecular weight excluding hydrogens is 300 g/mol. The molecule has 1 aromatic heterocycles. The lowest BCUT2D eigenvalue weighted by Crippen LogP contribution is -2.18. The summed E-state index contributed by atoms with van der Waals surface area (Å²) >= 11 is 1.56. The second-order valence-corrected chi connectivity index (χ2v) is 5.75. The van der Waals surface area contributed by atoms with E-state index in [4.69, 9.17) is 4.74 Å². The number of thiophene rings is 1. The number of amides is 1. The van der Waals surface area contributed by atoms with Crippen LogP contribution in [-0.4, -0.2) is 33.1 Å². The number of esters is 1. The van der Waals surface area contributed by atoms with E-state index in [0.717, 1.165) is 11.3 Å². The largest absolute Gasteiger partial charge is 0.465 e. The summed E-state index contributed by atoms with van der Waals surface area (Å²) in [6.45, 7) is 0. The van der Waals surface area contributed by atoms with Gasteiger partial charge in [-0.1, -0.05) is 0 Å². The van der Waals surface area contributed by atoms with Crippen molar-refractivity contribution in [2.45, 2.75) is 6.42 Å². The van der Waals surface area contributed by atoms with Gasteiger partial charge in [0, 0.05) is 14.1 Å². The summed E-state index contributed by atoms with van der Waals surface area (Å²) < 4.78 is 4.72. The molecular formula is C16H18N2O3S. The Bertz CT molecular complexity index is 666. The van der Waals surface area contributed by atoms with Crippen LogP contribution in [0.3, 0.4) is 0 Å². The Hall–Kier alpha value is -2.34. The summed E-state index contributed by atoms with van der Waals surface area (Å²) in [6.07, 6.45) is 0.328. The van der Waals surface area contributed by atoms with Gasteiger partial charge in [-0.2, -0.15) is 11.3 Å². The van der Waals surface area contributed by atoms with Crippen molar-refractivity contribution in [1.29, 1.82) is 0 Å². The SMILES string of the molecule is COC(=O)c1ccc(NC(=O)Cc2ccsc2)c(N(C)C)c1. The molecule has 0 spiro atoms. The molecule has 0 unspecified atom stereocenters. The van der Waals surface area contributed by atoms with Gasteiger partial charge in [0.2, 0.25) is 5.91 Å². The summed E-state index contributed by atoms with van der Waals surface area (Å²) in [5.74, 6) is -0.494. The number of carbonyl (C=O) groups is 2. The van der Waals surface area contributed by atoms with Gasteiger partial charge in [-0.15, -0.1) is 0 Å². The highest BCUT2D eigenvalue weighted by Gasteiger charge is 2.13. The van der Waals surface area contributed by atoms with E-state index in [1.165, 1.54) is 7.11 Å². The number of hydrogen-bond acceptors (Lipinski definition) is 5. The monoisotopic (exact) mass is 318 g/mol. The van der Waals surface area contributed by atoms with Crippen LogP contribution in [0.1, 0.15) is 15.9 Å². The van der Waals surface area contributed by atoms with E-state index in [1.54, 1.807) is 29.5 Å². The van der Waals surface area contributed by atoms with Gasteiger partial charge >= 0.3 is 5.97 Å². The first-order chi connectivity index (χ1) is 10.5. The van der Waals surface area contributed by atoms with Crippen LogP contribution >= 0.6 is 11.3 Å². The molecule has 22 heavy (non-hydrogen) atoms. The Morgan fingerprint density at radius 2 is 2.05 bits per heavy atom. The molecule has 2 aromatic rings. The zero-order valence-electron chi connectivity index (χ0n) is 12.8. The highest BCUT2D eigenvalue weighted by molar-refractivity contribution is 7.08. The molecule has 0 aliphatic carbocycles. The van der Waals surface area contributed by atoms with E-state index in [9.17, 15) is 9.59 Å². The van der Waals surface area contributed by atoms with Crippen molar-refractivity contribution in [1.82, 2.24) is 0 Å². The quantitative estimate of drug-likeness (QED) is 0.861. The second kappa shape index (κ2) is 7.09. The Balaban J connectivity index is 2.19. The Kier molecular flexibility index (Phi) is 5.16. The average Bonchev–Trinajstić information content (AvgIpc) is 2.99. The van der Waals surface area contributed by atoms with Crippen molar-refractivity contribution in [2.75, 3.05) is 31.4 Å². The molecule has 5 nitrogen and oxygen atoms in total. The summed E-state index contributed by atoms with van der Waals surface area (Å²) in [5.41, 5.74) is 2.85. The fraction of sp³-hybridized carbons (Fsp3) is 0.250. The molecule has 2 rings (SSSR count). The minimum Gasteiger partial charge on any atom is -0.465 e. The van der Waals surface area contributed by atoms with E-state index >= 15 is 0 Å². The Morgan fingerprint density at radius 1 is 1.27 bits per heavy atom. The van der Waals surface area contributed by atoms with Crippen molar-refractivity contribution < 1.29 is 14.3 Å². The van der Waals surface area contributed by atoms with E-state index in [-0.39, 0.29) is 5.91 Å². The first kappa shape index (κ1) is 16.0. The number of rotatable bonds is 5. The van der Waals surface area contributed by atoms with Gasteiger partial charge in [-0.3, -0.25) is 4.79 Å². The van der Waals surface area contributed by atoms with E-state index in [1.807, 2.05) is 35.8 Å². The van der Waals surface area contributed by atoms with Gasteiger partial charge in [-0.25, -0.2) is 4.79 Å². The molecule has 1 aromatic carbocycles. The van der Waals surface area contributed by atoms with Crippen LogP contribution in [0.15, 0.2) is 35.0 Å². The summed E-state index contributed by atoms with van der Waals surface area (Å²) in [7, 11) is 5.05. The smallest absolute Gasteiger partial charge is 0.337 e. The van der Waals surface area contributed by atoms with Crippen LogP contribution in [0.2, 0.25) is 0 Å². The standard InChI is InChI=1S/C16H18N2O3S/c1-18(2)14-9-12(16(20)21-3)4-5-13(14)17-15(19)8-11-6-7-22-10-11/h4-7,9-10H,8H2,1-3H3,(H,17,19). The van der Waals surface area contributed by atoms with Crippen LogP contribution in [0.5, 0.6) is 0 Å². The number of benzene rings is 1. The van der Waals surface area contributed by atoms with Crippen LogP contribution in [0, 0.1) is 0 Å². The zero-order chi connectivity index (χ0) is 16.1. The summed E-state index contributed by atoms with van der Waals surface area (Å²) in [4.78, 5) is 25.6. The van der Waals surface area contributed by atoms with Crippen LogP contribution in [-0.2, 0) is 16.0 Å². The minimum absolute atomic E-state index is 0.0904. The number of anilines is 2. The van der Waals surface area contributed by atoms with Crippen LogP contribution in [0.25, 0.3) is 0 Å². The molecule has 0 atom stereocenters. The lowest BCUT2D eigenvalue weighted by molar-refractivity contribution is -0.115. The number of nitrogens with zero attached hydrogens (tertiary/aromatic N) is 1. The molecule has 1 N–H and O–H groups in total. The van der Waals surface area contributed by atoms with Gasteiger partial charge in [0.1, 0.15) is 0 Å². The van der Waals surface area contributed by atoms with Crippen molar-refractivity contribution in [3.8, 4) is 0 Å². The third kappa shape index (κ3) is 3.85. The highest BCUT2D eigenvalue weighted by atomic mass is 32.1. The summed E-state index contributed by atoms with van der Waals surface area (Å²) in [5, 5.41) is 6.78. The lowest BCUT2D eigenvalue weighted by atomic mass is 10.1. The Morgan fingerprint density at radius 3 is 2.64 bits per heavy atom. The molecule has 0 saturated heterocycles. The number of ether oxygens (including phenoxy) is 1. The normalized spacial score (nSPS) is 10.1. The van der Waals surface area contributed by atoms with Crippen molar-refractivity contribution in [3.63, 3.8) is 0 Å². The van der Waals surface area contributed by atoms with Crippen molar-refractivity contribution in [3.05, 3.63) is 46.2 Å². The number of methoxy groups -OCH3 is 1. The molecule has 0 aliphatic rings. The molecule has 0 aliphatic heterocycles. The molecule has 1 heterocycles. The third-order valence-electron chi connectivity index (χ3n) is 3.12. The highest BCUT2D eigenvalue weighted by Crippen LogP contribution is 2.26. The number of nitrogens with one attached hydrogen (secondary N) is 1. The molecule has 0 bridgehead atoms. The predicted molar refractivity (Wildman–Crippen MR) is 88.8 cm³/mol. The Labute approximate surface area is 133 Å². The van der Waals surface area contributed by atoms with Gasteiger partial charge in [-0.05, 0) is 40.6 Å². The molecule has 0 radical (unpaired) electrons. The lowest BCUT2D eigenvalue weighted by Gasteiger charge is -2.19. The molecule has 6 heteroatoms. The van der Waals surface area contributed by atoms with Gasteiger partial charge in [0.15, 0.2) is 0 Å². The predicted octanol–water partition coefficient (Wildman–Crippen LogP) is 2.78. The second-order valence-electron chi connectivity index (χ2n) is 4.97. The maximum atomic E-state index is 12.1. The van der Waals surface area contributed by atoms with E-state index in [0.29, 0.717) is 17.7 Å². The van der Waals surface area contributed by atoms with Gasteiger partial charge < -0.3 is 15.0 Å². The van der Waals surface area contributed by atoms with E-state index < -0.39 is 5.97 Å². The first-order valence-corrected chi connectivity index (χ1v) is 7.66. The first-order valence-electron chi connectivity index (χ1n) is 6.72. The maximum Gasteiger partial charge on any atom is 0.337 e. The van der Waals surface area contributed by atoms with E-state index in [2.05, 4.69) is 5.32 Å². The average molecular weight is 318 g/mol. The topological polar surface area (TPSA) is 58.6 Å². The van der Waals surface area contributed by atoms with Crippen molar-refractivity contribution >= 4 is 34.6 Å². The van der Waals surface area contributed by atoms with Crippen LogP contribution < -0.4 is 10.2 Å². The number of hydrogen-bond donors (Lipinski definition) is 1. The molecule has 0 fully saturated rings. The molecule has 1 amide bonds. The van der Waals surface area contributed by atoms with Gasteiger partial charge in [0.25, 0.3) is 0 Å². The van der Waals surface area contributed by atoms with Gasteiger partial charge in [0.05, 0.1) is 30.5 Å². The molecule has 116 valence electrons. The third-order valence-corrected chi connectivity index (χ3v) is 3.85. The molecule has 0 saturated carbocycles. The fourth-order valence-corrected chi connectivity index (χ4v) is 2.69. The van der Waals surface area contributed by atoms with Crippen LogP contribution in [0.4, 0.5) is 11.4 Å². The number of carbonyl (C=O) groups excluding carboxylic acids is 2. The van der Waals surface area contributed by atoms with Crippen molar-refractivity contribution in [2.24, 2.45) is 0 Å². The summed E-state index contributed by atoms with van der Waals surface area (Å²) in [6, 6.07) is 6.98.